The van der Waals surface area contributed by atoms with Crippen LogP contribution in [0.1, 0.15) is 17.3 Å². The van der Waals surface area contributed by atoms with E-state index in [1.165, 1.54) is 0 Å². The second-order valence-electron chi connectivity index (χ2n) is 3.62. The van der Waals surface area contributed by atoms with Gasteiger partial charge in [-0.1, -0.05) is 6.07 Å². The van der Waals surface area contributed by atoms with Crippen LogP contribution in [0.25, 0.3) is 0 Å². The molecular weight excluding hydrogens is 167 g/mol. The van der Waals surface area contributed by atoms with Crippen LogP contribution in [0.15, 0.2) is 18.2 Å². The van der Waals surface area contributed by atoms with Gasteiger partial charge in [-0.05, 0) is 30.3 Å². The Morgan fingerprint density at radius 2 is 2.31 bits per heavy atom. The van der Waals surface area contributed by atoms with E-state index in [1.54, 1.807) is 12.1 Å². The SMILES string of the molecule is CN1Cc2cc(N)ccc2C(F)C1. The van der Waals surface area contributed by atoms with Crippen LogP contribution in [-0.2, 0) is 6.54 Å². The van der Waals surface area contributed by atoms with Crippen molar-refractivity contribution in [3.8, 4) is 0 Å². The molecule has 2 nitrogen and oxygen atoms in total. The van der Waals surface area contributed by atoms with Crippen molar-refractivity contribution in [2.75, 3.05) is 19.3 Å². The monoisotopic (exact) mass is 180 g/mol. The minimum absolute atomic E-state index is 0.483. The molecule has 0 saturated heterocycles. The number of nitrogens with two attached hydrogens (primary N) is 1. The predicted octanol–water partition coefficient (Wildman–Crippen LogP) is 1.72. The maximum absolute atomic E-state index is 13.5. The van der Waals surface area contributed by atoms with E-state index in [4.69, 9.17) is 5.73 Å². The number of rotatable bonds is 0. The summed E-state index contributed by atoms with van der Waals surface area (Å²) in [6.45, 7) is 1.28. The van der Waals surface area contributed by atoms with E-state index >= 15 is 0 Å². The highest BCUT2D eigenvalue weighted by Crippen LogP contribution is 2.29. The van der Waals surface area contributed by atoms with E-state index in [-0.39, 0.29) is 0 Å². The minimum Gasteiger partial charge on any atom is -0.399 e. The van der Waals surface area contributed by atoms with Gasteiger partial charge in [-0.2, -0.15) is 0 Å². The Bertz CT molecular complexity index is 325. The topological polar surface area (TPSA) is 29.3 Å². The third-order valence-corrected chi connectivity index (χ3v) is 2.42. The van der Waals surface area contributed by atoms with Crippen molar-refractivity contribution in [3.63, 3.8) is 0 Å². The van der Waals surface area contributed by atoms with Gasteiger partial charge in [0.2, 0.25) is 0 Å². The summed E-state index contributed by atoms with van der Waals surface area (Å²) < 4.78 is 13.5. The standard InChI is InChI=1S/C10H13FN2/c1-13-5-7-4-8(12)2-3-9(7)10(11)6-13/h2-4,10H,5-6,12H2,1H3. The fourth-order valence-corrected chi connectivity index (χ4v) is 1.80. The number of nitrogens with zero attached hydrogens (tertiary/aromatic N) is 1. The molecule has 1 aliphatic rings. The number of hydrogen-bond donors (Lipinski definition) is 1. The van der Waals surface area contributed by atoms with Gasteiger partial charge < -0.3 is 5.73 Å². The molecule has 1 aromatic rings. The third-order valence-electron chi connectivity index (χ3n) is 2.42. The van der Waals surface area contributed by atoms with Gasteiger partial charge in [0.25, 0.3) is 0 Å². The van der Waals surface area contributed by atoms with E-state index in [9.17, 15) is 4.39 Å². The highest BCUT2D eigenvalue weighted by molar-refractivity contribution is 5.46. The fraction of sp³-hybridized carbons (Fsp3) is 0.400. The second-order valence-corrected chi connectivity index (χ2v) is 3.62. The lowest BCUT2D eigenvalue weighted by Crippen LogP contribution is -2.28. The van der Waals surface area contributed by atoms with Crippen LogP contribution in [0.5, 0.6) is 0 Å². The Morgan fingerprint density at radius 1 is 1.54 bits per heavy atom. The van der Waals surface area contributed by atoms with Crippen molar-refractivity contribution in [1.82, 2.24) is 4.90 Å². The number of halogens is 1. The summed E-state index contributed by atoms with van der Waals surface area (Å²) in [5, 5.41) is 0. The molecule has 0 amide bonds. The molecule has 3 heteroatoms. The Balaban J connectivity index is 2.43. The van der Waals surface area contributed by atoms with Crippen LogP contribution >= 0.6 is 0 Å². The molecule has 13 heavy (non-hydrogen) atoms. The zero-order chi connectivity index (χ0) is 9.42. The maximum Gasteiger partial charge on any atom is 0.138 e. The van der Waals surface area contributed by atoms with E-state index in [0.717, 1.165) is 17.7 Å². The molecule has 0 aromatic heterocycles. The smallest absolute Gasteiger partial charge is 0.138 e. The number of fused-ring (bicyclic) bond motifs is 1. The molecule has 1 unspecified atom stereocenters. The van der Waals surface area contributed by atoms with Gasteiger partial charge in [0.1, 0.15) is 6.17 Å². The summed E-state index contributed by atoms with van der Waals surface area (Å²) in [6.07, 6.45) is -0.866. The van der Waals surface area contributed by atoms with Crippen molar-refractivity contribution in [2.45, 2.75) is 12.7 Å². The molecule has 0 fully saturated rings. The lowest BCUT2D eigenvalue weighted by molar-refractivity contribution is 0.195. The van der Waals surface area contributed by atoms with Crippen molar-refractivity contribution < 1.29 is 4.39 Å². The van der Waals surface area contributed by atoms with Crippen molar-refractivity contribution >= 4 is 5.69 Å². The first-order valence-corrected chi connectivity index (χ1v) is 4.38. The predicted molar refractivity (Wildman–Crippen MR) is 51.0 cm³/mol. The molecule has 2 N–H and O–H groups in total. The fourth-order valence-electron chi connectivity index (χ4n) is 1.80. The molecule has 0 aliphatic carbocycles. The first-order valence-electron chi connectivity index (χ1n) is 4.38. The Kier molecular flexibility index (Phi) is 1.96. The molecule has 0 radical (unpaired) electrons. The largest absolute Gasteiger partial charge is 0.399 e. The lowest BCUT2D eigenvalue weighted by Gasteiger charge is -2.27. The van der Waals surface area contributed by atoms with Crippen LogP contribution in [-0.4, -0.2) is 18.5 Å². The Hall–Kier alpha value is -1.09. The highest BCUT2D eigenvalue weighted by atomic mass is 19.1. The van der Waals surface area contributed by atoms with Crippen LogP contribution in [0.3, 0.4) is 0 Å². The van der Waals surface area contributed by atoms with Crippen LogP contribution in [0.4, 0.5) is 10.1 Å². The minimum atomic E-state index is -0.866. The third kappa shape index (κ3) is 1.52. The molecule has 1 aromatic carbocycles. The number of likely N-dealkylation sites (N-methyl/N-ethyl adjacent to an activating group) is 1. The number of anilines is 1. The van der Waals surface area contributed by atoms with Gasteiger partial charge in [0.15, 0.2) is 0 Å². The van der Waals surface area contributed by atoms with E-state index in [2.05, 4.69) is 0 Å². The van der Waals surface area contributed by atoms with Crippen LogP contribution in [0, 0.1) is 0 Å². The summed E-state index contributed by atoms with van der Waals surface area (Å²) in [7, 11) is 1.92. The van der Waals surface area contributed by atoms with Crippen molar-refractivity contribution in [3.05, 3.63) is 29.3 Å². The highest BCUT2D eigenvalue weighted by Gasteiger charge is 2.22. The van der Waals surface area contributed by atoms with Crippen LogP contribution < -0.4 is 5.73 Å². The summed E-state index contributed by atoms with van der Waals surface area (Å²) >= 11 is 0. The van der Waals surface area contributed by atoms with Crippen molar-refractivity contribution in [1.29, 1.82) is 0 Å². The van der Waals surface area contributed by atoms with Gasteiger partial charge >= 0.3 is 0 Å². The average Bonchev–Trinajstić information content (AvgIpc) is 2.02. The molecule has 0 saturated carbocycles. The molecule has 2 rings (SSSR count). The summed E-state index contributed by atoms with van der Waals surface area (Å²) in [6, 6.07) is 5.41. The lowest BCUT2D eigenvalue weighted by atomic mass is 9.98. The molecular formula is C10H13FN2. The van der Waals surface area contributed by atoms with Gasteiger partial charge in [0.05, 0.1) is 0 Å². The number of nitrogen functional groups attached to an aromatic ring is 1. The summed E-state index contributed by atoms with van der Waals surface area (Å²) in [5.41, 5.74) is 8.15. The molecule has 0 bridgehead atoms. The normalized spacial score (nSPS) is 22.8. The molecule has 1 heterocycles. The van der Waals surface area contributed by atoms with E-state index in [0.29, 0.717) is 12.2 Å². The van der Waals surface area contributed by atoms with Gasteiger partial charge in [-0.15, -0.1) is 0 Å². The Morgan fingerprint density at radius 3 is 3.08 bits per heavy atom. The first kappa shape index (κ1) is 8.51. The first-order chi connectivity index (χ1) is 6.16. The summed E-state index contributed by atoms with van der Waals surface area (Å²) in [5.74, 6) is 0. The average molecular weight is 180 g/mol. The number of alkyl halides is 1. The number of hydrogen-bond acceptors (Lipinski definition) is 2. The molecule has 1 atom stereocenters. The van der Waals surface area contributed by atoms with Gasteiger partial charge in [0, 0.05) is 18.8 Å². The second kappa shape index (κ2) is 3.00. The van der Waals surface area contributed by atoms with E-state index < -0.39 is 6.17 Å². The maximum atomic E-state index is 13.5. The molecule has 0 spiro atoms. The Labute approximate surface area is 77.2 Å². The van der Waals surface area contributed by atoms with Crippen LogP contribution in [0.2, 0.25) is 0 Å². The molecule has 1 aliphatic heterocycles. The van der Waals surface area contributed by atoms with Gasteiger partial charge in [-0.25, -0.2) is 4.39 Å². The zero-order valence-corrected chi connectivity index (χ0v) is 7.63. The van der Waals surface area contributed by atoms with E-state index in [1.807, 2.05) is 18.0 Å². The molecule has 70 valence electrons. The quantitative estimate of drug-likeness (QED) is 0.616. The summed E-state index contributed by atoms with van der Waals surface area (Å²) in [4.78, 5) is 1.96. The zero-order valence-electron chi connectivity index (χ0n) is 7.63. The van der Waals surface area contributed by atoms with Crippen molar-refractivity contribution in [2.24, 2.45) is 0 Å². The number of benzene rings is 1. The van der Waals surface area contributed by atoms with Gasteiger partial charge in [-0.3, -0.25) is 4.90 Å².